The summed E-state index contributed by atoms with van der Waals surface area (Å²) in [5.41, 5.74) is 0.629. The summed E-state index contributed by atoms with van der Waals surface area (Å²) < 4.78 is 43.9. The molecule has 8 heteroatoms. The molecule has 2 heterocycles. The maximum absolute atomic E-state index is 12.7. The molecule has 1 unspecified atom stereocenters. The lowest BCUT2D eigenvalue weighted by molar-refractivity contribution is -0.137. The van der Waals surface area contributed by atoms with E-state index in [9.17, 15) is 18.0 Å². The van der Waals surface area contributed by atoms with Crippen LogP contribution >= 0.6 is 0 Å². The maximum Gasteiger partial charge on any atom is 0.416 e. The molecule has 1 saturated heterocycles. The molecule has 0 N–H and O–H groups in total. The lowest BCUT2D eigenvalue weighted by Gasteiger charge is -2.30. The molecule has 3 aromatic rings. The monoisotopic (exact) mass is 427 g/mol. The first-order valence-electron chi connectivity index (χ1n) is 9.93. The summed E-state index contributed by atoms with van der Waals surface area (Å²) in [6.45, 7) is 1.10. The summed E-state index contributed by atoms with van der Waals surface area (Å²) in [5.74, 6) is 0.352. The van der Waals surface area contributed by atoms with Crippen molar-refractivity contribution in [3.63, 3.8) is 0 Å². The van der Waals surface area contributed by atoms with Crippen molar-refractivity contribution in [3.8, 4) is 11.5 Å². The highest BCUT2D eigenvalue weighted by molar-refractivity contribution is 5.91. The first-order valence-corrected chi connectivity index (χ1v) is 9.93. The molecule has 1 amide bonds. The molecule has 0 radical (unpaired) electrons. The number of rotatable bonds is 4. The van der Waals surface area contributed by atoms with Crippen molar-refractivity contribution in [2.24, 2.45) is 0 Å². The van der Waals surface area contributed by atoms with Crippen LogP contribution in [0.2, 0.25) is 0 Å². The quantitative estimate of drug-likeness (QED) is 0.539. The number of likely N-dealkylation sites (tertiary alicyclic amines) is 1. The first-order chi connectivity index (χ1) is 14.9. The van der Waals surface area contributed by atoms with Crippen LogP contribution in [0.1, 0.15) is 35.8 Å². The molecule has 1 aliphatic heterocycles. The van der Waals surface area contributed by atoms with Gasteiger partial charge in [-0.1, -0.05) is 30.3 Å². The van der Waals surface area contributed by atoms with Gasteiger partial charge in [-0.15, -0.1) is 10.2 Å². The molecule has 0 saturated carbocycles. The van der Waals surface area contributed by atoms with E-state index in [2.05, 4.69) is 10.2 Å². The van der Waals surface area contributed by atoms with E-state index in [1.165, 1.54) is 12.1 Å². The van der Waals surface area contributed by atoms with Gasteiger partial charge in [0.25, 0.3) is 0 Å². The Morgan fingerprint density at radius 3 is 2.52 bits per heavy atom. The average Bonchev–Trinajstić information content (AvgIpc) is 3.28. The predicted octanol–water partition coefficient (Wildman–Crippen LogP) is 5.17. The van der Waals surface area contributed by atoms with E-state index in [1.54, 1.807) is 17.1 Å². The minimum absolute atomic E-state index is 0.0870. The molecule has 1 fully saturated rings. The van der Waals surface area contributed by atoms with E-state index < -0.39 is 11.7 Å². The Labute approximate surface area is 177 Å². The van der Waals surface area contributed by atoms with E-state index >= 15 is 0 Å². The third kappa shape index (κ3) is 5.02. The van der Waals surface area contributed by atoms with Gasteiger partial charge in [0.05, 0.1) is 11.5 Å². The largest absolute Gasteiger partial charge is 0.420 e. The van der Waals surface area contributed by atoms with Gasteiger partial charge in [0, 0.05) is 24.7 Å². The highest BCUT2D eigenvalue weighted by Gasteiger charge is 2.31. The molecule has 5 nitrogen and oxygen atoms in total. The van der Waals surface area contributed by atoms with E-state index in [-0.39, 0.29) is 17.7 Å². The van der Waals surface area contributed by atoms with Gasteiger partial charge in [-0.2, -0.15) is 13.2 Å². The number of aromatic nitrogens is 2. The van der Waals surface area contributed by atoms with Crippen LogP contribution in [-0.2, 0) is 11.0 Å². The Hall–Kier alpha value is -3.42. The van der Waals surface area contributed by atoms with Crippen LogP contribution in [0.25, 0.3) is 17.5 Å². The normalized spacial score (nSPS) is 17.3. The molecule has 31 heavy (non-hydrogen) atoms. The number of piperidine rings is 1. The van der Waals surface area contributed by atoms with E-state index in [1.807, 2.05) is 30.3 Å². The summed E-state index contributed by atoms with van der Waals surface area (Å²) >= 11 is 0. The molecular formula is C23H20F3N3O2. The minimum atomic E-state index is -4.40. The van der Waals surface area contributed by atoms with Crippen LogP contribution < -0.4 is 0 Å². The van der Waals surface area contributed by atoms with Crippen LogP contribution in [0.3, 0.4) is 0 Å². The SMILES string of the molecule is O=C(/C=C\c1ccccc1)N1CCCC(c2nnc(-c3ccc(C(F)(F)F)cc3)o2)C1. The van der Waals surface area contributed by atoms with Crippen LogP contribution in [0.15, 0.2) is 65.1 Å². The van der Waals surface area contributed by atoms with E-state index in [4.69, 9.17) is 4.42 Å². The van der Waals surface area contributed by atoms with Crippen molar-refractivity contribution in [2.75, 3.05) is 13.1 Å². The molecule has 2 aromatic carbocycles. The van der Waals surface area contributed by atoms with Crippen LogP contribution in [0, 0.1) is 0 Å². The topological polar surface area (TPSA) is 59.2 Å². The van der Waals surface area contributed by atoms with Gasteiger partial charge in [0.2, 0.25) is 17.7 Å². The first kappa shape index (κ1) is 20.8. The zero-order valence-corrected chi connectivity index (χ0v) is 16.5. The van der Waals surface area contributed by atoms with Gasteiger partial charge in [-0.05, 0) is 48.7 Å². The number of benzene rings is 2. The summed E-state index contributed by atoms with van der Waals surface area (Å²) in [4.78, 5) is 14.3. The summed E-state index contributed by atoms with van der Waals surface area (Å²) in [6, 6.07) is 14.2. The smallest absolute Gasteiger partial charge is 0.416 e. The zero-order valence-electron chi connectivity index (χ0n) is 16.5. The van der Waals surface area contributed by atoms with Gasteiger partial charge in [0.15, 0.2) is 0 Å². The van der Waals surface area contributed by atoms with Crippen molar-refractivity contribution in [3.05, 3.63) is 77.7 Å². The second-order valence-corrected chi connectivity index (χ2v) is 7.39. The molecule has 160 valence electrons. The van der Waals surface area contributed by atoms with Crippen LogP contribution in [0.5, 0.6) is 0 Å². The van der Waals surface area contributed by atoms with Gasteiger partial charge in [-0.3, -0.25) is 4.79 Å². The van der Waals surface area contributed by atoms with Crippen molar-refractivity contribution < 1.29 is 22.4 Å². The Bertz CT molecular complexity index is 1060. The second kappa shape index (κ2) is 8.75. The van der Waals surface area contributed by atoms with Gasteiger partial charge in [-0.25, -0.2) is 0 Å². The highest BCUT2D eigenvalue weighted by Crippen LogP contribution is 2.32. The fourth-order valence-electron chi connectivity index (χ4n) is 3.53. The molecule has 4 rings (SSSR count). The van der Waals surface area contributed by atoms with Gasteiger partial charge < -0.3 is 9.32 Å². The van der Waals surface area contributed by atoms with E-state index in [0.29, 0.717) is 24.5 Å². The third-order valence-corrected chi connectivity index (χ3v) is 5.20. The average molecular weight is 427 g/mol. The van der Waals surface area contributed by atoms with Crippen LogP contribution in [-0.4, -0.2) is 34.1 Å². The number of halogens is 3. The summed E-state index contributed by atoms with van der Waals surface area (Å²) in [7, 11) is 0. The molecule has 1 atom stereocenters. The fraction of sp³-hybridized carbons (Fsp3) is 0.261. The number of carbonyl (C=O) groups is 1. The predicted molar refractivity (Wildman–Crippen MR) is 109 cm³/mol. The van der Waals surface area contributed by atoms with E-state index in [0.717, 1.165) is 30.5 Å². The summed E-state index contributed by atoms with van der Waals surface area (Å²) in [5, 5.41) is 8.06. The number of hydrogen-bond acceptors (Lipinski definition) is 4. The molecule has 0 spiro atoms. The Balaban J connectivity index is 1.43. The Kier molecular flexibility index (Phi) is 5.88. The van der Waals surface area contributed by atoms with Crippen molar-refractivity contribution in [1.82, 2.24) is 15.1 Å². The second-order valence-electron chi connectivity index (χ2n) is 7.39. The van der Waals surface area contributed by atoms with Crippen molar-refractivity contribution in [2.45, 2.75) is 24.9 Å². The molecule has 0 bridgehead atoms. The zero-order chi connectivity index (χ0) is 21.8. The number of hydrogen-bond donors (Lipinski definition) is 0. The number of amides is 1. The lowest BCUT2D eigenvalue weighted by Crippen LogP contribution is -2.38. The van der Waals surface area contributed by atoms with Gasteiger partial charge in [0.1, 0.15) is 0 Å². The maximum atomic E-state index is 12.7. The summed E-state index contributed by atoms with van der Waals surface area (Å²) in [6.07, 6.45) is 0.528. The Morgan fingerprint density at radius 2 is 1.81 bits per heavy atom. The fourth-order valence-corrected chi connectivity index (χ4v) is 3.53. The minimum Gasteiger partial charge on any atom is -0.420 e. The number of carbonyl (C=O) groups excluding carboxylic acids is 1. The third-order valence-electron chi connectivity index (χ3n) is 5.20. The number of nitrogens with zero attached hydrogens (tertiary/aromatic N) is 3. The Morgan fingerprint density at radius 1 is 1.06 bits per heavy atom. The van der Waals surface area contributed by atoms with Crippen LogP contribution in [0.4, 0.5) is 13.2 Å². The lowest BCUT2D eigenvalue weighted by atomic mass is 9.98. The highest BCUT2D eigenvalue weighted by atomic mass is 19.4. The molecular weight excluding hydrogens is 407 g/mol. The molecule has 0 aliphatic carbocycles. The van der Waals surface area contributed by atoms with Crippen molar-refractivity contribution >= 4 is 12.0 Å². The molecule has 1 aromatic heterocycles. The van der Waals surface area contributed by atoms with Gasteiger partial charge >= 0.3 is 6.18 Å². The standard InChI is InChI=1S/C23H20F3N3O2/c24-23(25,26)19-11-9-17(10-12-19)21-27-28-22(31-21)18-7-4-14-29(15-18)20(30)13-8-16-5-2-1-3-6-16/h1-3,5-6,8-13,18H,4,7,14-15H2/b13-8-. The molecule has 1 aliphatic rings. The van der Waals surface area contributed by atoms with Crippen molar-refractivity contribution in [1.29, 1.82) is 0 Å². The number of alkyl halides is 3.